The Kier molecular flexibility index (Phi) is 5.45. The number of phenols is 1. The molecule has 0 atom stereocenters. The van der Waals surface area contributed by atoms with Gasteiger partial charge in [0.05, 0.1) is 5.52 Å². The molecule has 0 unspecified atom stereocenters. The lowest BCUT2D eigenvalue weighted by atomic mass is 10.1. The van der Waals surface area contributed by atoms with E-state index in [4.69, 9.17) is 6.42 Å². The minimum atomic E-state index is 0.189. The van der Waals surface area contributed by atoms with Crippen molar-refractivity contribution >= 4 is 22.5 Å². The van der Waals surface area contributed by atoms with Crippen molar-refractivity contribution in [2.75, 3.05) is 18.4 Å². The molecule has 0 aliphatic carbocycles. The van der Waals surface area contributed by atoms with Gasteiger partial charge in [-0.1, -0.05) is 12.0 Å². The first-order chi connectivity index (χ1) is 12.2. The molecule has 1 saturated heterocycles. The molecule has 5 heteroatoms. The van der Waals surface area contributed by atoms with Gasteiger partial charge in [0, 0.05) is 28.9 Å². The first kappa shape index (κ1) is 16.7. The summed E-state index contributed by atoms with van der Waals surface area (Å²) in [7, 11) is 0. The quantitative estimate of drug-likeness (QED) is 0.627. The minimum absolute atomic E-state index is 0.189. The number of hydrogen-bond acceptors (Lipinski definition) is 5. The van der Waals surface area contributed by atoms with Gasteiger partial charge in [0.25, 0.3) is 0 Å². The summed E-state index contributed by atoms with van der Waals surface area (Å²) >= 11 is 0. The second kappa shape index (κ2) is 8.13. The van der Waals surface area contributed by atoms with Crippen molar-refractivity contribution in [1.29, 1.82) is 0 Å². The molecule has 5 nitrogen and oxygen atoms in total. The zero-order chi connectivity index (χ0) is 17.5. The van der Waals surface area contributed by atoms with Crippen LogP contribution in [0.1, 0.15) is 18.4 Å². The van der Waals surface area contributed by atoms with Gasteiger partial charge in [-0.05, 0) is 56.3 Å². The first-order valence-electron chi connectivity index (χ1n) is 8.25. The number of benzene rings is 2. The monoisotopic (exact) mass is 332 g/mol. The topological polar surface area (TPSA) is 70.1 Å². The minimum Gasteiger partial charge on any atom is -0.508 e. The summed E-state index contributed by atoms with van der Waals surface area (Å²) in [6.45, 7) is 2.50. The Balaban J connectivity index is 0.000000314. The predicted octanol–water partition coefficient (Wildman–Crippen LogP) is 3.43. The van der Waals surface area contributed by atoms with Crippen LogP contribution in [0.15, 0.2) is 48.7 Å². The molecule has 0 saturated carbocycles. The Hall–Kier alpha value is -3.10. The van der Waals surface area contributed by atoms with Crippen LogP contribution < -0.4 is 10.6 Å². The lowest BCUT2D eigenvalue weighted by molar-refractivity contribution is 0.475. The molecule has 0 spiro atoms. The number of fused-ring (bicyclic) bond motifs is 1. The average molecular weight is 332 g/mol. The highest BCUT2D eigenvalue weighted by molar-refractivity contribution is 5.80. The fraction of sp³-hybridized carbons (Fsp3) is 0.200. The van der Waals surface area contributed by atoms with E-state index in [-0.39, 0.29) is 5.75 Å². The molecule has 3 N–H and O–H groups in total. The van der Waals surface area contributed by atoms with E-state index in [9.17, 15) is 5.11 Å². The number of nitrogens with one attached hydrogen (secondary N) is 2. The van der Waals surface area contributed by atoms with Gasteiger partial charge in [-0.2, -0.15) is 0 Å². The normalized spacial score (nSPS) is 12.9. The van der Waals surface area contributed by atoms with Gasteiger partial charge >= 0.3 is 0 Å². The Bertz CT molecular complexity index is 890. The summed E-state index contributed by atoms with van der Waals surface area (Å²) in [5, 5.41) is 16.6. The number of nitrogens with zero attached hydrogens (tertiary/aromatic N) is 2. The molecule has 4 rings (SSSR count). The molecule has 1 aromatic heterocycles. The van der Waals surface area contributed by atoms with Crippen molar-refractivity contribution in [1.82, 2.24) is 15.3 Å². The van der Waals surface area contributed by atoms with E-state index in [1.807, 2.05) is 24.3 Å². The van der Waals surface area contributed by atoms with Crippen LogP contribution in [0.25, 0.3) is 10.9 Å². The summed E-state index contributed by atoms with van der Waals surface area (Å²) in [5.41, 5.74) is 2.33. The Labute approximate surface area is 147 Å². The molecule has 25 heavy (non-hydrogen) atoms. The van der Waals surface area contributed by atoms with Crippen LogP contribution in [0.4, 0.5) is 11.6 Å². The summed E-state index contributed by atoms with van der Waals surface area (Å²) in [4.78, 5) is 8.64. The van der Waals surface area contributed by atoms with Crippen molar-refractivity contribution in [3.8, 4) is 18.1 Å². The van der Waals surface area contributed by atoms with Gasteiger partial charge in [0.15, 0.2) is 0 Å². The number of aromatic nitrogens is 2. The number of terminal acetylenes is 1. The van der Waals surface area contributed by atoms with Crippen molar-refractivity contribution in [3.05, 3.63) is 54.2 Å². The number of hydrogen-bond donors (Lipinski definition) is 3. The molecule has 1 aliphatic rings. The molecular weight excluding hydrogens is 312 g/mol. The fourth-order valence-corrected chi connectivity index (χ4v) is 2.52. The van der Waals surface area contributed by atoms with Crippen LogP contribution in [0.3, 0.4) is 0 Å². The largest absolute Gasteiger partial charge is 0.508 e. The lowest BCUT2D eigenvalue weighted by Crippen LogP contribution is -2.03. The number of rotatable bonds is 2. The SMILES string of the molecule is C#Cc1ccc2nc(Nc3cccc(O)c3)ncc2c1.C1CCNC1. The molecule has 126 valence electrons. The van der Waals surface area contributed by atoms with E-state index in [0.29, 0.717) is 5.95 Å². The van der Waals surface area contributed by atoms with Crippen LogP contribution >= 0.6 is 0 Å². The molecule has 0 bridgehead atoms. The number of aromatic hydroxyl groups is 1. The van der Waals surface area contributed by atoms with E-state index in [1.165, 1.54) is 25.9 Å². The summed E-state index contributed by atoms with van der Waals surface area (Å²) in [6.07, 6.45) is 9.85. The maximum atomic E-state index is 9.42. The average Bonchev–Trinajstić information content (AvgIpc) is 3.21. The summed E-state index contributed by atoms with van der Waals surface area (Å²) in [5.74, 6) is 3.24. The molecule has 1 fully saturated rings. The Morgan fingerprint density at radius 3 is 2.64 bits per heavy atom. The summed E-state index contributed by atoms with van der Waals surface area (Å²) < 4.78 is 0. The van der Waals surface area contributed by atoms with Crippen molar-refractivity contribution in [2.45, 2.75) is 12.8 Å². The predicted molar refractivity (Wildman–Crippen MR) is 101 cm³/mol. The Morgan fingerprint density at radius 2 is 1.96 bits per heavy atom. The van der Waals surface area contributed by atoms with E-state index < -0.39 is 0 Å². The van der Waals surface area contributed by atoms with E-state index in [0.717, 1.165) is 22.2 Å². The third-order valence-corrected chi connectivity index (χ3v) is 3.81. The van der Waals surface area contributed by atoms with E-state index >= 15 is 0 Å². The van der Waals surface area contributed by atoms with Gasteiger partial charge in [-0.25, -0.2) is 9.97 Å². The highest BCUT2D eigenvalue weighted by Crippen LogP contribution is 2.20. The molecule has 0 radical (unpaired) electrons. The second-order valence-electron chi connectivity index (χ2n) is 5.74. The second-order valence-corrected chi connectivity index (χ2v) is 5.74. The molecular formula is C20H20N4O. The van der Waals surface area contributed by atoms with Gasteiger partial charge in [-0.15, -0.1) is 6.42 Å². The van der Waals surface area contributed by atoms with Crippen LogP contribution in [0.5, 0.6) is 5.75 Å². The summed E-state index contributed by atoms with van der Waals surface area (Å²) in [6, 6.07) is 12.4. The van der Waals surface area contributed by atoms with E-state index in [2.05, 4.69) is 26.5 Å². The first-order valence-corrected chi connectivity index (χ1v) is 8.25. The number of phenolic OH excluding ortho intramolecular Hbond substituents is 1. The van der Waals surface area contributed by atoms with Gasteiger partial charge in [-0.3, -0.25) is 0 Å². The van der Waals surface area contributed by atoms with E-state index in [1.54, 1.807) is 24.4 Å². The van der Waals surface area contributed by atoms with Crippen molar-refractivity contribution in [2.24, 2.45) is 0 Å². The third-order valence-electron chi connectivity index (χ3n) is 3.81. The highest BCUT2D eigenvalue weighted by atomic mass is 16.3. The van der Waals surface area contributed by atoms with Gasteiger partial charge in [0.1, 0.15) is 5.75 Å². The zero-order valence-electron chi connectivity index (χ0n) is 13.9. The smallest absolute Gasteiger partial charge is 0.227 e. The third kappa shape index (κ3) is 4.69. The zero-order valence-corrected chi connectivity index (χ0v) is 13.9. The standard InChI is InChI=1S/C16H11N3O.C4H9N/c1-2-11-6-7-15-12(8-11)10-17-16(19-15)18-13-4-3-5-14(20)9-13;1-2-4-5-3-1/h1,3-10,20H,(H,17,18,19);5H,1-4H2. The van der Waals surface area contributed by atoms with Crippen molar-refractivity contribution in [3.63, 3.8) is 0 Å². The molecule has 1 aliphatic heterocycles. The lowest BCUT2D eigenvalue weighted by Gasteiger charge is -2.06. The van der Waals surface area contributed by atoms with Crippen LogP contribution in [-0.2, 0) is 0 Å². The maximum absolute atomic E-state index is 9.42. The van der Waals surface area contributed by atoms with Crippen LogP contribution in [0.2, 0.25) is 0 Å². The Morgan fingerprint density at radius 1 is 1.12 bits per heavy atom. The molecule has 0 amide bonds. The maximum Gasteiger partial charge on any atom is 0.227 e. The van der Waals surface area contributed by atoms with Crippen LogP contribution in [-0.4, -0.2) is 28.2 Å². The highest BCUT2D eigenvalue weighted by Gasteiger charge is 2.02. The van der Waals surface area contributed by atoms with Crippen LogP contribution in [0, 0.1) is 12.3 Å². The van der Waals surface area contributed by atoms with Gasteiger partial charge < -0.3 is 15.7 Å². The molecule has 2 aromatic carbocycles. The number of anilines is 2. The van der Waals surface area contributed by atoms with Crippen molar-refractivity contribution < 1.29 is 5.11 Å². The molecule has 3 aromatic rings. The van der Waals surface area contributed by atoms with Gasteiger partial charge in [0.2, 0.25) is 5.95 Å². The fourth-order valence-electron chi connectivity index (χ4n) is 2.52. The molecule has 2 heterocycles.